The zero-order chi connectivity index (χ0) is 12.4. The molecule has 0 bridgehead atoms. The number of hydrogen-bond donors (Lipinski definition) is 0. The van der Waals surface area contributed by atoms with E-state index in [9.17, 15) is 0 Å². The molecule has 0 N–H and O–H groups in total. The third-order valence-electron chi connectivity index (χ3n) is 3.97. The maximum absolute atomic E-state index is 4.59. The fourth-order valence-electron chi connectivity index (χ4n) is 2.31. The highest BCUT2D eigenvalue weighted by Crippen LogP contribution is 2.11. The molecule has 0 spiro atoms. The van der Waals surface area contributed by atoms with E-state index >= 15 is 0 Å². The van der Waals surface area contributed by atoms with Crippen molar-refractivity contribution in [1.82, 2.24) is 19.6 Å². The summed E-state index contributed by atoms with van der Waals surface area (Å²) in [6.45, 7) is 13.3. The number of likely N-dealkylation sites (N-methyl/N-ethyl adjacent to an activating group) is 1. The first-order valence-electron chi connectivity index (χ1n) is 6.49. The second-order valence-corrected chi connectivity index (χ2v) is 5.16. The summed E-state index contributed by atoms with van der Waals surface area (Å²) in [6.07, 6.45) is 0. The first kappa shape index (κ1) is 12.6. The van der Waals surface area contributed by atoms with E-state index in [2.05, 4.69) is 47.4 Å². The van der Waals surface area contributed by atoms with Gasteiger partial charge in [0.1, 0.15) is 0 Å². The van der Waals surface area contributed by atoms with Crippen molar-refractivity contribution in [3.8, 4) is 0 Å². The molecule has 4 heteroatoms. The van der Waals surface area contributed by atoms with Crippen molar-refractivity contribution in [1.29, 1.82) is 0 Å². The van der Waals surface area contributed by atoms with Gasteiger partial charge in [-0.15, -0.1) is 0 Å². The molecule has 0 amide bonds. The van der Waals surface area contributed by atoms with E-state index in [4.69, 9.17) is 0 Å². The Hall–Kier alpha value is -0.870. The highest BCUT2D eigenvalue weighted by molar-refractivity contribution is 5.22. The van der Waals surface area contributed by atoms with Crippen LogP contribution in [-0.2, 0) is 6.54 Å². The number of aryl methyl sites for hydroxylation is 1. The quantitative estimate of drug-likeness (QED) is 0.784. The predicted molar refractivity (Wildman–Crippen MR) is 70.4 cm³/mol. The monoisotopic (exact) mass is 236 g/mol. The molecular weight excluding hydrogens is 212 g/mol. The van der Waals surface area contributed by atoms with Crippen LogP contribution >= 0.6 is 0 Å². The van der Waals surface area contributed by atoms with Crippen LogP contribution in [-0.4, -0.2) is 59.4 Å². The molecule has 4 nitrogen and oxygen atoms in total. The Kier molecular flexibility index (Phi) is 3.84. The Morgan fingerprint density at radius 1 is 1.00 bits per heavy atom. The Balaban J connectivity index is 1.87. The molecule has 1 fully saturated rings. The Bertz CT molecular complexity index is 375. The summed E-state index contributed by atoms with van der Waals surface area (Å²) >= 11 is 0. The molecule has 0 saturated carbocycles. The zero-order valence-corrected chi connectivity index (χ0v) is 11.5. The average molecular weight is 236 g/mol. The number of nitrogens with zero attached hydrogens (tertiary/aromatic N) is 4. The van der Waals surface area contributed by atoms with Gasteiger partial charge < -0.3 is 4.90 Å². The molecular formula is C13H24N4. The van der Waals surface area contributed by atoms with Crippen LogP contribution in [0.3, 0.4) is 0 Å². The van der Waals surface area contributed by atoms with E-state index in [0.29, 0.717) is 0 Å². The van der Waals surface area contributed by atoms with Crippen LogP contribution in [0.4, 0.5) is 0 Å². The molecule has 0 unspecified atom stereocenters. The van der Waals surface area contributed by atoms with Crippen molar-refractivity contribution in [2.45, 2.75) is 27.3 Å². The maximum Gasteiger partial charge on any atom is 0.0625 e. The molecule has 1 aromatic heterocycles. The SMILES string of the molecule is Cc1nn(CCN2CCN(C)CC2)c(C)c1C. The Morgan fingerprint density at radius 3 is 2.18 bits per heavy atom. The Morgan fingerprint density at radius 2 is 1.65 bits per heavy atom. The molecule has 17 heavy (non-hydrogen) atoms. The summed E-state index contributed by atoms with van der Waals surface area (Å²) in [7, 11) is 2.20. The maximum atomic E-state index is 4.59. The predicted octanol–water partition coefficient (Wildman–Crippen LogP) is 1.06. The summed E-state index contributed by atoms with van der Waals surface area (Å²) in [5.41, 5.74) is 3.82. The minimum Gasteiger partial charge on any atom is -0.304 e. The summed E-state index contributed by atoms with van der Waals surface area (Å²) < 4.78 is 2.16. The zero-order valence-electron chi connectivity index (χ0n) is 11.5. The van der Waals surface area contributed by atoms with Gasteiger partial charge in [0.05, 0.1) is 12.2 Å². The molecule has 1 saturated heterocycles. The van der Waals surface area contributed by atoms with Crippen LogP contribution in [0.15, 0.2) is 0 Å². The average Bonchev–Trinajstić information content (AvgIpc) is 2.56. The van der Waals surface area contributed by atoms with Crippen LogP contribution in [0.5, 0.6) is 0 Å². The molecule has 1 aliphatic heterocycles. The van der Waals surface area contributed by atoms with Gasteiger partial charge in [-0.25, -0.2) is 0 Å². The number of aromatic nitrogens is 2. The van der Waals surface area contributed by atoms with Crippen LogP contribution in [0.1, 0.15) is 17.0 Å². The number of hydrogen-bond acceptors (Lipinski definition) is 3. The normalized spacial score (nSPS) is 18.8. The highest BCUT2D eigenvalue weighted by atomic mass is 15.3. The van der Waals surface area contributed by atoms with Crippen molar-refractivity contribution in [3.05, 3.63) is 17.0 Å². The first-order valence-corrected chi connectivity index (χ1v) is 6.49. The molecule has 0 atom stereocenters. The van der Waals surface area contributed by atoms with Gasteiger partial charge in [0.25, 0.3) is 0 Å². The lowest BCUT2D eigenvalue weighted by atomic mass is 10.2. The van der Waals surface area contributed by atoms with E-state index in [1.807, 2.05) is 0 Å². The second-order valence-electron chi connectivity index (χ2n) is 5.16. The van der Waals surface area contributed by atoms with Crippen LogP contribution < -0.4 is 0 Å². The fraction of sp³-hybridized carbons (Fsp3) is 0.769. The summed E-state index contributed by atoms with van der Waals surface area (Å²) in [5.74, 6) is 0. The van der Waals surface area contributed by atoms with Crippen molar-refractivity contribution >= 4 is 0 Å². The minimum atomic E-state index is 1.02. The van der Waals surface area contributed by atoms with Crippen LogP contribution in [0.2, 0.25) is 0 Å². The van der Waals surface area contributed by atoms with Crippen molar-refractivity contribution in [3.63, 3.8) is 0 Å². The largest absolute Gasteiger partial charge is 0.304 e. The van der Waals surface area contributed by atoms with E-state index in [1.165, 1.54) is 43.1 Å². The fourth-order valence-corrected chi connectivity index (χ4v) is 2.31. The molecule has 2 heterocycles. The number of rotatable bonds is 3. The topological polar surface area (TPSA) is 24.3 Å². The molecule has 1 aromatic rings. The standard InChI is InChI=1S/C13H24N4/c1-11-12(2)14-17(13(11)3)10-9-16-7-5-15(4)6-8-16/h5-10H2,1-4H3. The highest BCUT2D eigenvalue weighted by Gasteiger charge is 2.14. The lowest BCUT2D eigenvalue weighted by Gasteiger charge is -2.32. The van der Waals surface area contributed by atoms with Gasteiger partial charge in [-0.3, -0.25) is 9.58 Å². The molecule has 0 radical (unpaired) electrons. The van der Waals surface area contributed by atoms with E-state index in [-0.39, 0.29) is 0 Å². The van der Waals surface area contributed by atoms with Gasteiger partial charge in [-0.1, -0.05) is 0 Å². The molecule has 0 aromatic carbocycles. The van der Waals surface area contributed by atoms with Gasteiger partial charge in [0.2, 0.25) is 0 Å². The van der Waals surface area contributed by atoms with Gasteiger partial charge in [0.15, 0.2) is 0 Å². The van der Waals surface area contributed by atoms with Gasteiger partial charge in [-0.05, 0) is 33.4 Å². The van der Waals surface area contributed by atoms with Crippen LogP contribution in [0.25, 0.3) is 0 Å². The third-order valence-corrected chi connectivity index (χ3v) is 3.97. The van der Waals surface area contributed by atoms with Crippen LogP contribution in [0, 0.1) is 20.8 Å². The van der Waals surface area contributed by atoms with E-state index in [0.717, 1.165) is 13.1 Å². The molecule has 2 rings (SSSR count). The van der Waals surface area contributed by atoms with Gasteiger partial charge in [-0.2, -0.15) is 5.10 Å². The van der Waals surface area contributed by atoms with Gasteiger partial charge in [0, 0.05) is 38.4 Å². The molecule has 0 aliphatic carbocycles. The van der Waals surface area contributed by atoms with Crippen molar-refractivity contribution in [2.75, 3.05) is 39.8 Å². The van der Waals surface area contributed by atoms with E-state index < -0.39 is 0 Å². The minimum absolute atomic E-state index is 1.02. The molecule has 96 valence electrons. The summed E-state index contributed by atoms with van der Waals surface area (Å²) in [6, 6.07) is 0. The van der Waals surface area contributed by atoms with Gasteiger partial charge >= 0.3 is 0 Å². The third kappa shape index (κ3) is 2.87. The summed E-state index contributed by atoms with van der Waals surface area (Å²) in [5, 5.41) is 4.59. The Labute approximate surface area is 104 Å². The van der Waals surface area contributed by atoms with E-state index in [1.54, 1.807) is 0 Å². The van der Waals surface area contributed by atoms with Crippen molar-refractivity contribution < 1.29 is 0 Å². The summed E-state index contributed by atoms with van der Waals surface area (Å²) in [4.78, 5) is 4.93. The second kappa shape index (κ2) is 5.19. The van der Waals surface area contributed by atoms with Crippen molar-refractivity contribution in [2.24, 2.45) is 0 Å². The first-order chi connectivity index (χ1) is 8.08. The lowest BCUT2D eigenvalue weighted by molar-refractivity contribution is 0.148. The number of piperazine rings is 1. The smallest absolute Gasteiger partial charge is 0.0625 e. The lowest BCUT2D eigenvalue weighted by Crippen LogP contribution is -2.45. The molecule has 1 aliphatic rings.